The summed E-state index contributed by atoms with van der Waals surface area (Å²) in [6, 6.07) is 6.46. The fourth-order valence-electron chi connectivity index (χ4n) is 2.87. The zero-order valence-electron chi connectivity index (χ0n) is 15.7. The first-order valence-electron chi connectivity index (χ1n) is 8.54. The Morgan fingerprint density at radius 1 is 1.23 bits per heavy atom. The molecule has 0 aliphatic heterocycles. The standard InChI is InChI=1S/C20H24N2O4/c1-6-26-20(25)17-11(2)18(22-12(17)3)19(24)13(4)21-16-9-7-8-15(10-16)14(5)23/h7-10,13,21-22H,6H2,1-5H3/t13-/m0/s1. The lowest BCUT2D eigenvalue weighted by molar-refractivity contribution is 0.0525. The summed E-state index contributed by atoms with van der Waals surface area (Å²) in [5, 5.41) is 3.11. The maximum atomic E-state index is 12.8. The number of aryl methyl sites for hydroxylation is 1. The molecule has 0 radical (unpaired) electrons. The Kier molecular flexibility index (Phi) is 5.97. The van der Waals surface area contributed by atoms with Crippen molar-refractivity contribution in [3.05, 3.63) is 52.3 Å². The lowest BCUT2D eigenvalue weighted by Crippen LogP contribution is -2.27. The van der Waals surface area contributed by atoms with Crippen molar-refractivity contribution >= 4 is 23.2 Å². The number of esters is 1. The van der Waals surface area contributed by atoms with Gasteiger partial charge in [-0.25, -0.2) is 4.79 Å². The zero-order chi connectivity index (χ0) is 19.4. The van der Waals surface area contributed by atoms with E-state index in [0.29, 0.717) is 33.8 Å². The van der Waals surface area contributed by atoms with Crippen LogP contribution in [0.3, 0.4) is 0 Å². The SMILES string of the molecule is CCOC(=O)c1c(C)[nH]c(C(=O)[C@H](C)Nc2cccc(C(C)=O)c2)c1C. The van der Waals surface area contributed by atoms with Gasteiger partial charge in [0.2, 0.25) is 5.78 Å². The molecule has 0 aliphatic rings. The van der Waals surface area contributed by atoms with E-state index in [2.05, 4.69) is 10.3 Å². The Morgan fingerprint density at radius 3 is 2.54 bits per heavy atom. The largest absolute Gasteiger partial charge is 0.462 e. The van der Waals surface area contributed by atoms with E-state index in [1.807, 2.05) is 0 Å². The van der Waals surface area contributed by atoms with Crippen LogP contribution in [0.2, 0.25) is 0 Å². The number of rotatable bonds is 7. The molecule has 1 aromatic heterocycles. The first-order valence-corrected chi connectivity index (χ1v) is 8.54. The topological polar surface area (TPSA) is 88.3 Å². The van der Waals surface area contributed by atoms with Gasteiger partial charge in [-0.15, -0.1) is 0 Å². The molecule has 2 aromatic rings. The minimum absolute atomic E-state index is 0.0393. The van der Waals surface area contributed by atoms with Crippen LogP contribution in [-0.2, 0) is 4.74 Å². The predicted octanol–water partition coefficient (Wildman–Crippen LogP) is 3.69. The number of Topliss-reactive ketones (excluding diaryl/α,β-unsaturated/α-hetero) is 2. The Labute approximate surface area is 152 Å². The van der Waals surface area contributed by atoms with E-state index in [1.54, 1.807) is 52.0 Å². The molecule has 1 heterocycles. The number of carbonyl (C=O) groups excluding carboxylic acids is 3. The number of carbonyl (C=O) groups is 3. The van der Waals surface area contributed by atoms with Crippen LogP contribution < -0.4 is 5.32 Å². The van der Waals surface area contributed by atoms with Crippen LogP contribution in [0.1, 0.15) is 63.2 Å². The number of benzene rings is 1. The summed E-state index contributed by atoms with van der Waals surface area (Å²) < 4.78 is 5.06. The molecule has 2 rings (SSSR count). The van der Waals surface area contributed by atoms with Gasteiger partial charge in [0.1, 0.15) is 0 Å². The number of H-pyrrole nitrogens is 1. The molecule has 1 aromatic carbocycles. The third kappa shape index (κ3) is 4.02. The van der Waals surface area contributed by atoms with Gasteiger partial charge in [0, 0.05) is 16.9 Å². The quantitative estimate of drug-likeness (QED) is 0.583. The van der Waals surface area contributed by atoms with Gasteiger partial charge in [0.15, 0.2) is 5.78 Å². The van der Waals surface area contributed by atoms with E-state index in [1.165, 1.54) is 6.92 Å². The molecule has 0 saturated heterocycles. The smallest absolute Gasteiger partial charge is 0.340 e. The van der Waals surface area contributed by atoms with E-state index in [0.717, 1.165) is 0 Å². The molecule has 1 atom stereocenters. The number of aromatic amines is 1. The van der Waals surface area contributed by atoms with Crippen LogP contribution in [0.15, 0.2) is 24.3 Å². The molecule has 138 valence electrons. The highest BCUT2D eigenvalue weighted by Gasteiger charge is 2.25. The normalized spacial score (nSPS) is 11.7. The van der Waals surface area contributed by atoms with E-state index in [-0.39, 0.29) is 18.2 Å². The van der Waals surface area contributed by atoms with Crippen molar-refractivity contribution in [3.8, 4) is 0 Å². The number of anilines is 1. The number of ether oxygens (including phenoxy) is 1. The highest BCUT2D eigenvalue weighted by atomic mass is 16.5. The first-order chi connectivity index (χ1) is 12.3. The number of nitrogens with one attached hydrogen (secondary N) is 2. The fraction of sp³-hybridized carbons (Fsp3) is 0.350. The van der Waals surface area contributed by atoms with Gasteiger partial charge in [0.05, 0.1) is 23.9 Å². The average molecular weight is 356 g/mol. The molecule has 26 heavy (non-hydrogen) atoms. The summed E-state index contributed by atoms with van der Waals surface area (Å²) in [5.74, 6) is -0.649. The molecule has 0 spiro atoms. The summed E-state index contributed by atoms with van der Waals surface area (Å²) in [7, 11) is 0. The number of hydrogen-bond acceptors (Lipinski definition) is 5. The van der Waals surface area contributed by atoms with E-state index >= 15 is 0 Å². The summed E-state index contributed by atoms with van der Waals surface area (Å²) in [4.78, 5) is 39.4. The Bertz CT molecular complexity index is 851. The van der Waals surface area contributed by atoms with Gasteiger partial charge in [-0.1, -0.05) is 12.1 Å². The maximum absolute atomic E-state index is 12.8. The summed E-state index contributed by atoms with van der Waals surface area (Å²) >= 11 is 0. The van der Waals surface area contributed by atoms with Crippen LogP contribution in [0.5, 0.6) is 0 Å². The van der Waals surface area contributed by atoms with E-state index in [4.69, 9.17) is 4.74 Å². The summed E-state index contributed by atoms with van der Waals surface area (Å²) in [6.45, 7) is 8.72. The van der Waals surface area contributed by atoms with Crippen molar-refractivity contribution < 1.29 is 19.1 Å². The third-order valence-electron chi connectivity index (χ3n) is 4.21. The number of hydrogen-bond donors (Lipinski definition) is 2. The molecular weight excluding hydrogens is 332 g/mol. The van der Waals surface area contributed by atoms with Crippen molar-refractivity contribution in [2.24, 2.45) is 0 Å². The van der Waals surface area contributed by atoms with Crippen LogP contribution in [0, 0.1) is 13.8 Å². The third-order valence-corrected chi connectivity index (χ3v) is 4.21. The van der Waals surface area contributed by atoms with E-state index < -0.39 is 12.0 Å². The predicted molar refractivity (Wildman–Crippen MR) is 100 cm³/mol. The minimum Gasteiger partial charge on any atom is -0.462 e. The van der Waals surface area contributed by atoms with Crippen molar-refractivity contribution in [1.29, 1.82) is 0 Å². The van der Waals surface area contributed by atoms with E-state index in [9.17, 15) is 14.4 Å². The van der Waals surface area contributed by atoms with Crippen molar-refractivity contribution in [2.45, 2.75) is 40.7 Å². The molecular formula is C20H24N2O4. The lowest BCUT2D eigenvalue weighted by atomic mass is 10.0. The molecule has 0 fully saturated rings. The Morgan fingerprint density at radius 2 is 1.92 bits per heavy atom. The minimum atomic E-state index is -0.538. The molecule has 0 bridgehead atoms. The van der Waals surface area contributed by atoms with Crippen molar-refractivity contribution in [1.82, 2.24) is 4.98 Å². The molecule has 0 unspecified atom stereocenters. The van der Waals surface area contributed by atoms with Gasteiger partial charge in [-0.3, -0.25) is 9.59 Å². The van der Waals surface area contributed by atoms with Crippen molar-refractivity contribution in [2.75, 3.05) is 11.9 Å². The monoisotopic (exact) mass is 356 g/mol. The van der Waals surface area contributed by atoms with Crippen LogP contribution in [0.4, 0.5) is 5.69 Å². The second kappa shape index (κ2) is 7.99. The second-order valence-corrected chi connectivity index (χ2v) is 6.21. The highest BCUT2D eigenvalue weighted by Crippen LogP contribution is 2.21. The Balaban J connectivity index is 2.23. The van der Waals surface area contributed by atoms with Gasteiger partial charge < -0.3 is 15.0 Å². The highest BCUT2D eigenvalue weighted by molar-refractivity contribution is 6.05. The van der Waals surface area contributed by atoms with Crippen LogP contribution in [-0.4, -0.2) is 35.2 Å². The zero-order valence-corrected chi connectivity index (χ0v) is 15.7. The molecule has 0 aliphatic carbocycles. The van der Waals surface area contributed by atoms with Crippen molar-refractivity contribution in [3.63, 3.8) is 0 Å². The van der Waals surface area contributed by atoms with Crippen LogP contribution >= 0.6 is 0 Å². The maximum Gasteiger partial charge on any atom is 0.340 e. The number of ketones is 2. The molecule has 0 saturated carbocycles. The van der Waals surface area contributed by atoms with Gasteiger partial charge >= 0.3 is 5.97 Å². The summed E-state index contributed by atoms with van der Waals surface area (Å²) in [5.41, 5.74) is 3.23. The molecule has 6 heteroatoms. The van der Waals surface area contributed by atoms with Gasteiger partial charge in [-0.2, -0.15) is 0 Å². The Hall–Kier alpha value is -2.89. The molecule has 2 N–H and O–H groups in total. The fourth-order valence-corrected chi connectivity index (χ4v) is 2.87. The second-order valence-electron chi connectivity index (χ2n) is 6.21. The first kappa shape index (κ1) is 19.4. The summed E-state index contributed by atoms with van der Waals surface area (Å²) in [6.07, 6.45) is 0. The molecule has 0 amide bonds. The lowest BCUT2D eigenvalue weighted by Gasteiger charge is -2.14. The van der Waals surface area contributed by atoms with Crippen LogP contribution in [0.25, 0.3) is 0 Å². The number of aromatic nitrogens is 1. The van der Waals surface area contributed by atoms with Gasteiger partial charge in [0.25, 0.3) is 0 Å². The van der Waals surface area contributed by atoms with Gasteiger partial charge in [-0.05, 0) is 52.3 Å². The molecule has 6 nitrogen and oxygen atoms in total. The average Bonchev–Trinajstić information content (AvgIpc) is 2.89.